The van der Waals surface area contributed by atoms with Gasteiger partial charge >= 0.3 is 0 Å². The number of hydrogen-bond donors (Lipinski definition) is 1. The molecule has 0 radical (unpaired) electrons. The Balaban J connectivity index is 1.55. The predicted octanol–water partition coefficient (Wildman–Crippen LogP) is 3.73. The molecule has 1 N–H and O–H groups in total. The molecular weight excluding hydrogens is 272 g/mol. The van der Waals surface area contributed by atoms with Crippen molar-refractivity contribution < 1.29 is 4.74 Å². The molecule has 3 heteroatoms. The van der Waals surface area contributed by atoms with Crippen LogP contribution in [0.3, 0.4) is 0 Å². The quantitative estimate of drug-likeness (QED) is 0.920. The van der Waals surface area contributed by atoms with E-state index in [2.05, 4.69) is 48.3 Å². The van der Waals surface area contributed by atoms with E-state index in [0.29, 0.717) is 18.2 Å². The summed E-state index contributed by atoms with van der Waals surface area (Å²) in [5.74, 6) is 1.03. The van der Waals surface area contributed by atoms with Crippen molar-refractivity contribution in [1.29, 1.82) is 0 Å². The number of anilines is 1. The highest BCUT2D eigenvalue weighted by molar-refractivity contribution is 5.51. The summed E-state index contributed by atoms with van der Waals surface area (Å²) in [6.45, 7) is 5.74. The summed E-state index contributed by atoms with van der Waals surface area (Å²) in [7, 11) is 0. The fraction of sp³-hybridized carbons (Fsp3) is 0.684. The molecule has 0 bridgehead atoms. The van der Waals surface area contributed by atoms with Gasteiger partial charge in [-0.3, -0.25) is 0 Å². The van der Waals surface area contributed by atoms with Gasteiger partial charge in [-0.1, -0.05) is 12.8 Å². The van der Waals surface area contributed by atoms with Gasteiger partial charge < -0.3 is 15.0 Å². The maximum Gasteiger partial charge on any atom is 0.119 e. The minimum absolute atomic E-state index is 0.182. The molecule has 0 spiro atoms. The molecule has 2 atom stereocenters. The first-order valence-electron chi connectivity index (χ1n) is 8.92. The Morgan fingerprint density at radius 2 is 1.77 bits per heavy atom. The van der Waals surface area contributed by atoms with E-state index in [-0.39, 0.29) is 5.54 Å². The van der Waals surface area contributed by atoms with Crippen LogP contribution in [0, 0.1) is 0 Å². The number of benzene rings is 1. The van der Waals surface area contributed by atoms with Crippen LogP contribution in [0.15, 0.2) is 24.3 Å². The zero-order valence-electron chi connectivity index (χ0n) is 13.8. The normalized spacial score (nSPS) is 30.7. The fourth-order valence-electron chi connectivity index (χ4n) is 4.12. The zero-order valence-corrected chi connectivity index (χ0v) is 13.8. The average Bonchev–Trinajstić information content (AvgIpc) is 3.30. The van der Waals surface area contributed by atoms with E-state index in [1.54, 1.807) is 0 Å². The van der Waals surface area contributed by atoms with E-state index in [0.717, 1.165) is 12.3 Å². The molecule has 1 aromatic rings. The van der Waals surface area contributed by atoms with E-state index in [1.807, 2.05) is 0 Å². The number of nitrogens with one attached hydrogen (secondary N) is 1. The molecule has 0 amide bonds. The number of nitrogens with zero attached hydrogens (tertiary/aromatic N) is 1. The smallest absolute Gasteiger partial charge is 0.119 e. The van der Waals surface area contributed by atoms with E-state index in [1.165, 1.54) is 44.2 Å². The molecule has 1 aliphatic heterocycles. The van der Waals surface area contributed by atoms with Gasteiger partial charge in [-0.25, -0.2) is 0 Å². The van der Waals surface area contributed by atoms with Gasteiger partial charge in [0.2, 0.25) is 0 Å². The summed E-state index contributed by atoms with van der Waals surface area (Å²) >= 11 is 0. The van der Waals surface area contributed by atoms with E-state index >= 15 is 0 Å². The molecular formula is C19H28N2O. The van der Waals surface area contributed by atoms with Crippen molar-refractivity contribution in [2.45, 2.75) is 76.1 Å². The average molecular weight is 300 g/mol. The topological polar surface area (TPSA) is 24.5 Å². The highest BCUT2D eigenvalue weighted by atomic mass is 16.5. The molecule has 1 saturated heterocycles. The first kappa shape index (κ1) is 14.4. The summed E-state index contributed by atoms with van der Waals surface area (Å²) < 4.78 is 5.88. The highest BCUT2D eigenvalue weighted by Crippen LogP contribution is 2.35. The largest absolute Gasteiger partial charge is 0.490 e. The van der Waals surface area contributed by atoms with Crippen molar-refractivity contribution in [2.24, 2.45) is 0 Å². The van der Waals surface area contributed by atoms with Crippen molar-refractivity contribution in [2.75, 3.05) is 11.4 Å². The standard InChI is InChI=1S/C19H28N2O/c1-19(2)13-21(18-6-4-3-5-17(18)20-19)14-7-9-15(10-8-14)22-16-11-12-16/h7-10,16-18,20H,3-6,11-13H2,1-2H3/t17-,18-/m0/s1. The second kappa shape index (κ2) is 5.45. The maximum atomic E-state index is 5.88. The Bertz CT molecular complexity index is 521. The van der Waals surface area contributed by atoms with Crippen molar-refractivity contribution >= 4 is 5.69 Å². The molecule has 3 nitrogen and oxygen atoms in total. The minimum atomic E-state index is 0.182. The lowest BCUT2D eigenvalue weighted by Gasteiger charge is -2.52. The van der Waals surface area contributed by atoms with Crippen LogP contribution in [0.1, 0.15) is 52.4 Å². The first-order chi connectivity index (χ1) is 10.6. The number of hydrogen-bond acceptors (Lipinski definition) is 3. The van der Waals surface area contributed by atoms with Crippen LogP contribution in [0.4, 0.5) is 5.69 Å². The number of piperazine rings is 1. The van der Waals surface area contributed by atoms with Crippen LogP contribution in [0.2, 0.25) is 0 Å². The molecule has 1 heterocycles. The van der Waals surface area contributed by atoms with Gasteiger partial charge in [-0.15, -0.1) is 0 Å². The van der Waals surface area contributed by atoms with Crippen LogP contribution in [-0.4, -0.2) is 30.3 Å². The number of ether oxygens (including phenoxy) is 1. The van der Waals surface area contributed by atoms with Gasteiger partial charge in [0, 0.05) is 29.9 Å². The van der Waals surface area contributed by atoms with Gasteiger partial charge in [0.25, 0.3) is 0 Å². The van der Waals surface area contributed by atoms with E-state index in [9.17, 15) is 0 Å². The SMILES string of the molecule is CC1(C)CN(c2ccc(OC3CC3)cc2)[C@H]2CCCC[C@@H]2N1. The molecule has 3 aliphatic rings. The Kier molecular flexibility index (Phi) is 3.56. The molecule has 3 fully saturated rings. The van der Waals surface area contributed by atoms with Crippen LogP contribution in [0.25, 0.3) is 0 Å². The lowest BCUT2D eigenvalue weighted by atomic mass is 9.83. The van der Waals surface area contributed by atoms with Crippen molar-refractivity contribution in [3.8, 4) is 5.75 Å². The molecule has 1 aromatic carbocycles. The lowest BCUT2D eigenvalue weighted by molar-refractivity contribution is 0.199. The first-order valence-corrected chi connectivity index (χ1v) is 8.92. The Morgan fingerprint density at radius 1 is 1.05 bits per heavy atom. The predicted molar refractivity (Wildman–Crippen MR) is 90.7 cm³/mol. The van der Waals surface area contributed by atoms with E-state index in [4.69, 9.17) is 4.74 Å². The van der Waals surface area contributed by atoms with E-state index < -0.39 is 0 Å². The molecule has 0 unspecified atom stereocenters. The van der Waals surface area contributed by atoms with Crippen LogP contribution in [0.5, 0.6) is 5.75 Å². The maximum absolute atomic E-state index is 5.88. The molecule has 22 heavy (non-hydrogen) atoms. The molecule has 2 saturated carbocycles. The molecule has 0 aromatic heterocycles. The molecule has 2 aliphatic carbocycles. The molecule has 4 rings (SSSR count). The fourth-order valence-corrected chi connectivity index (χ4v) is 4.12. The second-order valence-electron chi connectivity index (χ2n) is 7.93. The second-order valence-corrected chi connectivity index (χ2v) is 7.93. The summed E-state index contributed by atoms with van der Waals surface area (Å²) in [5.41, 5.74) is 1.54. The Labute approximate surface area is 134 Å². The summed E-state index contributed by atoms with van der Waals surface area (Å²) in [6, 6.07) is 10.1. The van der Waals surface area contributed by atoms with Crippen molar-refractivity contribution in [1.82, 2.24) is 5.32 Å². The third-order valence-electron chi connectivity index (χ3n) is 5.27. The van der Waals surface area contributed by atoms with Crippen LogP contribution < -0.4 is 15.0 Å². The van der Waals surface area contributed by atoms with Crippen LogP contribution >= 0.6 is 0 Å². The Hall–Kier alpha value is -1.22. The summed E-state index contributed by atoms with van der Waals surface area (Å²) in [4.78, 5) is 2.64. The van der Waals surface area contributed by atoms with Gasteiger partial charge in [0.1, 0.15) is 5.75 Å². The van der Waals surface area contributed by atoms with Gasteiger partial charge in [-0.2, -0.15) is 0 Å². The van der Waals surface area contributed by atoms with Gasteiger partial charge in [0.15, 0.2) is 0 Å². The van der Waals surface area contributed by atoms with Crippen molar-refractivity contribution in [3.05, 3.63) is 24.3 Å². The number of rotatable bonds is 3. The number of fused-ring (bicyclic) bond motifs is 1. The highest BCUT2D eigenvalue weighted by Gasteiger charge is 2.40. The third-order valence-corrected chi connectivity index (χ3v) is 5.27. The monoisotopic (exact) mass is 300 g/mol. The Morgan fingerprint density at radius 3 is 2.50 bits per heavy atom. The summed E-state index contributed by atoms with van der Waals surface area (Å²) in [5, 5.41) is 3.87. The molecule has 120 valence electrons. The minimum Gasteiger partial charge on any atom is -0.490 e. The van der Waals surface area contributed by atoms with Gasteiger partial charge in [0.05, 0.1) is 6.10 Å². The third kappa shape index (κ3) is 2.96. The lowest BCUT2D eigenvalue weighted by Crippen LogP contribution is -2.67. The summed E-state index contributed by atoms with van der Waals surface area (Å²) in [6.07, 6.45) is 8.28. The van der Waals surface area contributed by atoms with Crippen molar-refractivity contribution in [3.63, 3.8) is 0 Å². The van der Waals surface area contributed by atoms with Crippen LogP contribution in [-0.2, 0) is 0 Å². The zero-order chi connectivity index (χ0) is 15.2. The van der Waals surface area contributed by atoms with Gasteiger partial charge in [-0.05, 0) is 63.8 Å².